The van der Waals surface area contributed by atoms with Crippen molar-refractivity contribution in [2.45, 2.75) is 70.7 Å². The highest BCUT2D eigenvalue weighted by Crippen LogP contribution is 2.33. The van der Waals surface area contributed by atoms with E-state index in [1.807, 2.05) is 12.4 Å². The zero-order valence-electron chi connectivity index (χ0n) is 18.0. The Morgan fingerprint density at radius 3 is 2.31 bits per heavy atom. The first-order valence-electron chi connectivity index (χ1n) is 10.6. The van der Waals surface area contributed by atoms with Crippen LogP contribution in [0.25, 0.3) is 10.9 Å². The maximum absolute atomic E-state index is 4.95. The van der Waals surface area contributed by atoms with E-state index in [2.05, 4.69) is 91.4 Å². The van der Waals surface area contributed by atoms with Gasteiger partial charge < -0.3 is 5.32 Å². The van der Waals surface area contributed by atoms with Crippen LogP contribution in [-0.4, -0.2) is 32.0 Å². The van der Waals surface area contributed by atoms with E-state index in [4.69, 9.17) is 4.98 Å². The van der Waals surface area contributed by atoms with E-state index in [1.54, 1.807) is 0 Å². The van der Waals surface area contributed by atoms with E-state index in [0.717, 1.165) is 37.1 Å². The molecule has 0 atom stereocenters. The highest BCUT2D eigenvalue weighted by atomic mass is 15.2. The number of pyridine rings is 2. The maximum atomic E-state index is 4.95. The fourth-order valence-electron chi connectivity index (χ4n) is 4.97. The second kappa shape index (κ2) is 7.85. The van der Waals surface area contributed by atoms with E-state index in [-0.39, 0.29) is 11.1 Å². The van der Waals surface area contributed by atoms with E-state index in [1.165, 1.54) is 10.9 Å². The fraction of sp³-hybridized carbons (Fsp3) is 0.440. The van der Waals surface area contributed by atoms with Crippen LogP contribution in [0.1, 0.15) is 51.8 Å². The number of aromatic nitrogens is 2. The number of hydrogen-bond donors (Lipinski definition) is 1. The standard InChI is InChI=1S/C25H32N4/c1-24(2)15-22(16-25(3,4)28-24)29(17-19-11-13-26-14-12-19)18-21-10-9-20-7-5-6-8-23(20)27-21/h5-14,22,28H,15-18H2,1-4H3. The van der Waals surface area contributed by atoms with E-state index >= 15 is 0 Å². The first-order chi connectivity index (χ1) is 13.8. The highest BCUT2D eigenvalue weighted by molar-refractivity contribution is 5.78. The Bertz CT molecular complexity index is 949. The third-order valence-electron chi connectivity index (χ3n) is 5.84. The fourth-order valence-corrected chi connectivity index (χ4v) is 4.97. The van der Waals surface area contributed by atoms with Crippen LogP contribution < -0.4 is 5.32 Å². The van der Waals surface area contributed by atoms with Gasteiger partial charge in [0.15, 0.2) is 0 Å². The number of para-hydroxylation sites is 1. The Morgan fingerprint density at radius 1 is 0.897 bits per heavy atom. The summed E-state index contributed by atoms with van der Waals surface area (Å²) in [6, 6.07) is 17.5. The zero-order chi connectivity index (χ0) is 20.5. The Balaban J connectivity index is 1.64. The van der Waals surface area contributed by atoms with Crippen LogP contribution in [0.2, 0.25) is 0 Å². The number of nitrogens with one attached hydrogen (secondary N) is 1. The molecule has 0 saturated carbocycles. The number of nitrogens with zero attached hydrogens (tertiary/aromatic N) is 3. The van der Waals surface area contributed by atoms with Gasteiger partial charge in [0.25, 0.3) is 0 Å². The molecule has 0 spiro atoms. The average Bonchev–Trinajstić information content (AvgIpc) is 2.66. The molecular formula is C25H32N4. The maximum Gasteiger partial charge on any atom is 0.0705 e. The van der Waals surface area contributed by atoms with Crippen LogP contribution in [0.5, 0.6) is 0 Å². The average molecular weight is 389 g/mol. The summed E-state index contributed by atoms with van der Waals surface area (Å²) in [6.45, 7) is 11.0. The van der Waals surface area contributed by atoms with E-state index in [9.17, 15) is 0 Å². The number of piperidine rings is 1. The van der Waals surface area contributed by atoms with Crippen LogP contribution in [0.15, 0.2) is 60.9 Å². The summed E-state index contributed by atoms with van der Waals surface area (Å²) in [5.41, 5.74) is 3.72. The number of hydrogen-bond acceptors (Lipinski definition) is 4. The highest BCUT2D eigenvalue weighted by Gasteiger charge is 2.40. The van der Waals surface area contributed by atoms with Crippen molar-refractivity contribution in [1.29, 1.82) is 0 Å². The molecule has 1 N–H and O–H groups in total. The molecule has 1 aliphatic rings. The van der Waals surface area contributed by atoms with Crippen LogP contribution in [-0.2, 0) is 13.1 Å². The van der Waals surface area contributed by atoms with Gasteiger partial charge in [-0.15, -0.1) is 0 Å². The SMILES string of the molecule is CC1(C)CC(N(Cc2ccncc2)Cc2ccc3ccccc3n2)CC(C)(C)N1. The van der Waals surface area contributed by atoms with Crippen LogP contribution >= 0.6 is 0 Å². The molecule has 4 heteroatoms. The van der Waals surface area contributed by atoms with Gasteiger partial charge in [-0.25, -0.2) is 0 Å². The Morgan fingerprint density at radius 2 is 1.59 bits per heavy atom. The minimum atomic E-state index is 0.111. The molecule has 0 unspecified atom stereocenters. The number of rotatable bonds is 5. The van der Waals surface area contributed by atoms with Gasteiger partial charge in [0.05, 0.1) is 11.2 Å². The lowest BCUT2D eigenvalue weighted by atomic mass is 9.79. The van der Waals surface area contributed by atoms with Gasteiger partial charge in [-0.2, -0.15) is 0 Å². The summed E-state index contributed by atoms with van der Waals surface area (Å²) in [4.78, 5) is 11.8. The van der Waals surface area contributed by atoms with Crippen molar-refractivity contribution in [1.82, 2.24) is 20.2 Å². The Kier molecular flexibility index (Phi) is 5.41. The topological polar surface area (TPSA) is 41.1 Å². The zero-order valence-corrected chi connectivity index (χ0v) is 18.0. The van der Waals surface area contributed by atoms with E-state index < -0.39 is 0 Å². The third kappa shape index (κ3) is 5.01. The van der Waals surface area contributed by atoms with Crippen molar-refractivity contribution in [3.05, 3.63) is 72.2 Å². The monoisotopic (exact) mass is 388 g/mol. The van der Waals surface area contributed by atoms with Crippen molar-refractivity contribution in [3.8, 4) is 0 Å². The molecule has 3 heterocycles. The van der Waals surface area contributed by atoms with Crippen molar-refractivity contribution in [2.24, 2.45) is 0 Å². The van der Waals surface area contributed by atoms with Gasteiger partial charge in [0, 0.05) is 48.0 Å². The molecule has 29 heavy (non-hydrogen) atoms. The largest absolute Gasteiger partial charge is 0.307 e. The van der Waals surface area contributed by atoms with Crippen molar-refractivity contribution >= 4 is 10.9 Å². The summed E-state index contributed by atoms with van der Waals surface area (Å²) < 4.78 is 0. The lowest BCUT2D eigenvalue weighted by Crippen LogP contribution is -2.62. The minimum absolute atomic E-state index is 0.111. The lowest BCUT2D eigenvalue weighted by Gasteiger charge is -2.49. The van der Waals surface area contributed by atoms with Crippen molar-refractivity contribution < 1.29 is 0 Å². The van der Waals surface area contributed by atoms with E-state index in [0.29, 0.717) is 6.04 Å². The van der Waals surface area contributed by atoms with Crippen LogP contribution in [0.4, 0.5) is 0 Å². The molecule has 1 aliphatic heterocycles. The molecule has 0 bridgehead atoms. The van der Waals surface area contributed by atoms with Crippen molar-refractivity contribution in [3.63, 3.8) is 0 Å². The molecule has 1 aromatic carbocycles. The van der Waals surface area contributed by atoms with Gasteiger partial charge in [-0.1, -0.05) is 24.3 Å². The summed E-state index contributed by atoms with van der Waals surface area (Å²) in [5, 5.41) is 5.01. The molecule has 152 valence electrons. The first kappa shape index (κ1) is 20.0. The number of benzene rings is 1. The summed E-state index contributed by atoms with van der Waals surface area (Å²) in [5.74, 6) is 0. The molecular weight excluding hydrogens is 356 g/mol. The second-order valence-corrected chi connectivity index (χ2v) is 9.71. The molecule has 0 amide bonds. The minimum Gasteiger partial charge on any atom is -0.307 e. The third-order valence-corrected chi connectivity index (χ3v) is 5.84. The Labute approximate surface area is 174 Å². The second-order valence-electron chi connectivity index (χ2n) is 9.71. The van der Waals surface area contributed by atoms with Crippen molar-refractivity contribution in [2.75, 3.05) is 0 Å². The van der Waals surface area contributed by atoms with Gasteiger partial charge in [0.2, 0.25) is 0 Å². The quantitative estimate of drug-likeness (QED) is 0.672. The first-order valence-corrected chi connectivity index (χ1v) is 10.6. The predicted octanol–water partition coefficient (Wildman–Crippen LogP) is 4.94. The van der Waals surface area contributed by atoms with Crippen LogP contribution in [0.3, 0.4) is 0 Å². The molecule has 3 aromatic rings. The van der Waals surface area contributed by atoms with Crippen LogP contribution in [0, 0.1) is 0 Å². The summed E-state index contributed by atoms with van der Waals surface area (Å²) in [7, 11) is 0. The molecule has 4 rings (SSSR count). The normalized spacial score (nSPS) is 18.9. The number of fused-ring (bicyclic) bond motifs is 1. The van der Waals surface area contributed by atoms with Gasteiger partial charge in [0.1, 0.15) is 0 Å². The molecule has 4 nitrogen and oxygen atoms in total. The smallest absolute Gasteiger partial charge is 0.0705 e. The van der Waals surface area contributed by atoms with Gasteiger partial charge in [-0.3, -0.25) is 14.9 Å². The molecule has 0 radical (unpaired) electrons. The Hall–Kier alpha value is -2.30. The predicted molar refractivity (Wildman–Crippen MR) is 120 cm³/mol. The van der Waals surface area contributed by atoms with Gasteiger partial charge in [-0.05, 0) is 70.4 Å². The molecule has 0 aliphatic carbocycles. The van der Waals surface area contributed by atoms with Gasteiger partial charge >= 0.3 is 0 Å². The molecule has 2 aromatic heterocycles. The molecule has 1 fully saturated rings. The lowest BCUT2D eigenvalue weighted by molar-refractivity contribution is 0.0556. The molecule has 1 saturated heterocycles. The summed E-state index contributed by atoms with van der Waals surface area (Å²) >= 11 is 0. The summed E-state index contributed by atoms with van der Waals surface area (Å²) in [6.07, 6.45) is 6.01.